The fourth-order valence-corrected chi connectivity index (χ4v) is 3.91. The van der Waals surface area contributed by atoms with E-state index in [1.54, 1.807) is 18.0 Å². The number of aromatic nitrogens is 1. The maximum absolute atomic E-state index is 9.39. The van der Waals surface area contributed by atoms with Gasteiger partial charge in [-0.25, -0.2) is 4.98 Å². The molecule has 0 saturated heterocycles. The molecular formula is C22H26N2O3S. The van der Waals surface area contributed by atoms with Crippen LogP contribution in [0.3, 0.4) is 0 Å². The first-order valence-electron chi connectivity index (χ1n) is 9.23. The van der Waals surface area contributed by atoms with E-state index in [9.17, 15) is 10.2 Å². The van der Waals surface area contributed by atoms with Gasteiger partial charge in [0.15, 0.2) is 5.89 Å². The van der Waals surface area contributed by atoms with Crippen molar-refractivity contribution in [3.8, 4) is 11.3 Å². The molecule has 6 heteroatoms. The molecule has 3 aromatic rings. The van der Waals surface area contributed by atoms with Gasteiger partial charge in [-0.1, -0.05) is 43.0 Å². The quantitative estimate of drug-likeness (QED) is 0.532. The van der Waals surface area contributed by atoms with E-state index in [0.29, 0.717) is 12.3 Å². The Labute approximate surface area is 169 Å². The Kier molecular flexibility index (Phi) is 6.57. The van der Waals surface area contributed by atoms with Gasteiger partial charge in [-0.2, -0.15) is 0 Å². The predicted octanol–water partition coefficient (Wildman–Crippen LogP) is 3.98. The van der Waals surface area contributed by atoms with Gasteiger partial charge in [0.05, 0.1) is 18.8 Å². The van der Waals surface area contributed by atoms with Crippen molar-refractivity contribution in [1.82, 2.24) is 4.98 Å². The van der Waals surface area contributed by atoms with E-state index < -0.39 is 5.54 Å². The first-order valence-corrected chi connectivity index (χ1v) is 10.0. The van der Waals surface area contributed by atoms with Crippen LogP contribution in [0.15, 0.2) is 69.0 Å². The van der Waals surface area contributed by atoms with Gasteiger partial charge in [0.1, 0.15) is 12.0 Å². The Morgan fingerprint density at radius 1 is 1.04 bits per heavy atom. The first kappa shape index (κ1) is 20.6. The molecule has 148 valence electrons. The van der Waals surface area contributed by atoms with Gasteiger partial charge in [0, 0.05) is 22.3 Å². The van der Waals surface area contributed by atoms with Crippen molar-refractivity contribution in [3.05, 3.63) is 66.2 Å². The number of aryl methyl sites for hydroxylation is 1. The molecule has 0 aliphatic carbocycles. The third kappa shape index (κ3) is 5.02. The van der Waals surface area contributed by atoms with Gasteiger partial charge in [-0.05, 0) is 42.2 Å². The number of benzene rings is 2. The summed E-state index contributed by atoms with van der Waals surface area (Å²) in [6.07, 6.45) is 2.19. The second-order valence-electron chi connectivity index (χ2n) is 7.23. The Hall–Kier alpha value is -2.12. The third-order valence-corrected chi connectivity index (χ3v) is 5.81. The zero-order chi connectivity index (χ0) is 20.1. The number of aliphatic hydroxyl groups excluding tert-OH is 2. The molecule has 0 bridgehead atoms. The van der Waals surface area contributed by atoms with Crippen LogP contribution in [0.25, 0.3) is 11.3 Å². The summed E-state index contributed by atoms with van der Waals surface area (Å²) in [7, 11) is 0. The highest BCUT2D eigenvalue weighted by molar-refractivity contribution is 7.99. The Morgan fingerprint density at radius 2 is 1.61 bits per heavy atom. The lowest BCUT2D eigenvalue weighted by molar-refractivity contribution is 0.110. The topological polar surface area (TPSA) is 92.5 Å². The average molecular weight is 399 g/mol. The zero-order valence-electron chi connectivity index (χ0n) is 16.1. The van der Waals surface area contributed by atoms with E-state index in [-0.39, 0.29) is 19.1 Å². The van der Waals surface area contributed by atoms with Crippen LogP contribution < -0.4 is 5.73 Å². The number of hydrogen-bond acceptors (Lipinski definition) is 6. The van der Waals surface area contributed by atoms with Crippen molar-refractivity contribution in [2.75, 3.05) is 13.2 Å². The summed E-state index contributed by atoms with van der Waals surface area (Å²) >= 11 is 1.69. The van der Waals surface area contributed by atoms with Crippen LogP contribution in [-0.2, 0) is 0 Å². The second kappa shape index (κ2) is 8.92. The second-order valence-corrected chi connectivity index (χ2v) is 8.38. The summed E-state index contributed by atoms with van der Waals surface area (Å²) < 4.78 is 5.27. The lowest BCUT2D eigenvalue weighted by atomic mass is 9.86. The summed E-state index contributed by atoms with van der Waals surface area (Å²) in [6.45, 7) is 3.43. The van der Waals surface area contributed by atoms with Crippen LogP contribution in [0.2, 0.25) is 0 Å². The average Bonchev–Trinajstić information content (AvgIpc) is 3.15. The third-order valence-electron chi connectivity index (χ3n) is 4.80. The number of nitrogens with zero attached hydrogens (tertiary/aromatic N) is 1. The largest absolute Gasteiger partial charge is 0.449 e. The molecule has 0 fully saturated rings. The maximum Gasteiger partial charge on any atom is 0.191 e. The minimum atomic E-state index is -0.947. The fourth-order valence-electron chi connectivity index (χ4n) is 3.10. The molecule has 0 radical (unpaired) electrons. The van der Waals surface area contributed by atoms with E-state index in [1.165, 1.54) is 0 Å². The van der Waals surface area contributed by atoms with Crippen LogP contribution >= 0.6 is 11.8 Å². The summed E-state index contributed by atoms with van der Waals surface area (Å²) in [5.41, 5.74) is 8.07. The van der Waals surface area contributed by atoms with Gasteiger partial charge in [0.25, 0.3) is 0 Å². The zero-order valence-corrected chi connectivity index (χ0v) is 16.9. The number of oxazole rings is 1. The monoisotopic (exact) mass is 398 g/mol. The standard InChI is InChI=1S/C22H26N2O3S/c1-15(11-22(23,13-25)14-26)17-3-7-19(8-4-17)28-20-9-5-18(6-10-20)21-12-27-16(2)24-21/h3-10,12,15,25-26H,11,13-14,23H2,1-2H3. The van der Waals surface area contributed by atoms with E-state index in [1.807, 2.05) is 19.1 Å². The molecule has 3 rings (SSSR count). The molecule has 0 spiro atoms. The molecule has 4 N–H and O–H groups in total. The predicted molar refractivity (Wildman–Crippen MR) is 111 cm³/mol. The molecule has 0 saturated carbocycles. The van der Waals surface area contributed by atoms with E-state index in [2.05, 4.69) is 48.3 Å². The van der Waals surface area contributed by atoms with Crippen LogP contribution in [0.1, 0.15) is 30.7 Å². The van der Waals surface area contributed by atoms with Crippen LogP contribution in [-0.4, -0.2) is 33.9 Å². The number of nitrogens with two attached hydrogens (primary N) is 1. The fraction of sp³-hybridized carbons (Fsp3) is 0.318. The first-order chi connectivity index (χ1) is 13.4. The Morgan fingerprint density at radius 3 is 2.11 bits per heavy atom. The van der Waals surface area contributed by atoms with Gasteiger partial charge >= 0.3 is 0 Å². The van der Waals surface area contributed by atoms with Gasteiger partial charge < -0.3 is 20.4 Å². The number of aliphatic hydroxyl groups is 2. The van der Waals surface area contributed by atoms with Crippen molar-refractivity contribution >= 4 is 11.8 Å². The lowest BCUT2D eigenvalue weighted by Crippen LogP contribution is -2.48. The molecule has 0 aliphatic heterocycles. The molecule has 1 unspecified atom stereocenters. The SMILES string of the molecule is Cc1nc(-c2ccc(Sc3ccc(C(C)CC(N)(CO)CO)cc3)cc2)co1. The summed E-state index contributed by atoms with van der Waals surface area (Å²) in [6, 6.07) is 16.6. The smallest absolute Gasteiger partial charge is 0.191 e. The van der Waals surface area contributed by atoms with Crippen LogP contribution in [0.4, 0.5) is 0 Å². The number of rotatable bonds is 8. The van der Waals surface area contributed by atoms with E-state index in [0.717, 1.165) is 26.6 Å². The van der Waals surface area contributed by atoms with Crippen molar-refractivity contribution < 1.29 is 14.6 Å². The minimum absolute atomic E-state index is 0.147. The molecule has 0 amide bonds. The summed E-state index contributed by atoms with van der Waals surface area (Å²) in [4.78, 5) is 6.63. The van der Waals surface area contributed by atoms with Gasteiger partial charge in [-0.15, -0.1) is 0 Å². The highest BCUT2D eigenvalue weighted by atomic mass is 32.2. The van der Waals surface area contributed by atoms with Crippen molar-refractivity contribution in [3.63, 3.8) is 0 Å². The Bertz CT molecular complexity index is 887. The van der Waals surface area contributed by atoms with Crippen molar-refractivity contribution in [2.45, 2.75) is 41.5 Å². The van der Waals surface area contributed by atoms with Crippen LogP contribution in [0, 0.1) is 6.92 Å². The van der Waals surface area contributed by atoms with E-state index >= 15 is 0 Å². The molecule has 1 aromatic heterocycles. The lowest BCUT2D eigenvalue weighted by Gasteiger charge is -2.28. The molecular weight excluding hydrogens is 372 g/mol. The van der Waals surface area contributed by atoms with Crippen LogP contribution in [0.5, 0.6) is 0 Å². The molecule has 2 aromatic carbocycles. The maximum atomic E-state index is 9.39. The molecule has 1 atom stereocenters. The minimum Gasteiger partial charge on any atom is -0.449 e. The normalized spacial score (nSPS) is 12.9. The van der Waals surface area contributed by atoms with Gasteiger partial charge in [0.2, 0.25) is 0 Å². The summed E-state index contributed by atoms with van der Waals surface area (Å²) in [5.74, 6) is 0.807. The Balaban J connectivity index is 1.64. The van der Waals surface area contributed by atoms with Crippen molar-refractivity contribution in [2.24, 2.45) is 5.73 Å². The molecule has 0 aliphatic rings. The van der Waals surface area contributed by atoms with Gasteiger partial charge in [-0.3, -0.25) is 0 Å². The van der Waals surface area contributed by atoms with E-state index in [4.69, 9.17) is 10.2 Å². The molecule has 5 nitrogen and oxygen atoms in total. The highest BCUT2D eigenvalue weighted by Gasteiger charge is 2.26. The van der Waals surface area contributed by atoms with Crippen molar-refractivity contribution in [1.29, 1.82) is 0 Å². The highest BCUT2D eigenvalue weighted by Crippen LogP contribution is 2.32. The molecule has 28 heavy (non-hydrogen) atoms. The summed E-state index contributed by atoms with van der Waals surface area (Å²) in [5, 5.41) is 18.8. The molecule has 1 heterocycles. The number of hydrogen-bond donors (Lipinski definition) is 3.